The number of rotatable bonds is 3. The molecular formula is C14H12N2OS. The Kier molecular flexibility index (Phi) is 2.72. The lowest BCUT2D eigenvalue weighted by Gasteiger charge is -2.01. The van der Waals surface area contributed by atoms with Crippen LogP contribution in [0.4, 0.5) is 0 Å². The van der Waals surface area contributed by atoms with Gasteiger partial charge in [-0.3, -0.25) is 9.20 Å². The summed E-state index contributed by atoms with van der Waals surface area (Å²) in [4.78, 5) is 17.8. The number of imidazole rings is 1. The minimum Gasteiger partial charge on any atom is -0.296 e. The monoisotopic (exact) mass is 256 g/mol. The Morgan fingerprint density at radius 3 is 2.94 bits per heavy atom. The second-order valence-electron chi connectivity index (χ2n) is 4.00. The molecule has 0 aromatic carbocycles. The maximum absolute atomic E-state index is 12.5. The molecule has 0 radical (unpaired) electrons. The van der Waals surface area contributed by atoms with Crippen molar-refractivity contribution in [2.45, 2.75) is 13.3 Å². The number of hydrogen-bond donors (Lipinski definition) is 0. The lowest BCUT2D eigenvalue weighted by Crippen LogP contribution is -2.06. The van der Waals surface area contributed by atoms with Crippen molar-refractivity contribution in [2.75, 3.05) is 0 Å². The van der Waals surface area contributed by atoms with Crippen molar-refractivity contribution < 1.29 is 4.79 Å². The van der Waals surface area contributed by atoms with Gasteiger partial charge in [0.05, 0.1) is 10.6 Å². The summed E-state index contributed by atoms with van der Waals surface area (Å²) in [5.74, 6) is 0.0561. The number of carbonyl (C=O) groups excluding carboxylic acids is 1. The van der Waals surface area contributed by atoms with Gasteiger partial charge in [0.25, 0.3) is 0 Å². The Hall–Kier alpha value is -1.94. The zero-order chi connectivity index (χ0) is 12.5. The molecule has 3 aromatic heterocycles. The fraction of sp³-hybridized carbons (Fsp3) is 0.143. The van der Waals surface area contributed by atoms with Crippen LogP contribution >= 0.6 is 11.3 Å². The van der Waals surface area contributed by atoms with Crippen molar-refractivity contribution >= 4 is 22.8 Å². The summed E-state index contributed by atoms with van der Waals surface area (Å²) >= 11 is 1.47. The molecule has 3 heterocycles. The second kappa shape index (κ2) is 4.38. The average Bonchev–Trinajstić information content (AvgIpc) is 3.04. The highest BCUT2D eigenvalue weighted by Gasteiger charge is 2.19. The number of aryl methyl sites for hydroxylation is 1. The molecule has 18 heavy (non-hydrogen) atoms. The molecule has 0 aliphatic heterocycles. The predicted octanol–water partition coefficient (Wildman–Crippen LogP) is 3.19. The lowest BCUT2D eigenvalue weighted by atomic mass is 10.1. The maximum Gasteiger partial charge on any atom is 0.221 e. The van der Waals surface area contributed by atoms with E-state index in [0.29, 0.717) is 5.69 Å². The van der Waals surface area contributed by atoms with Crippen molar-refractivity contribution in [1.29, 1.82) is 0 Å². The quantitative estimate of drug-likeness (QED) is 0.674. The number of hydrogen-bond acceptors (Lipinski definition) is 3. The Balaban J connectivity index is 2.24. The Labute approximate surface area is 109 Å². The topological polar surface area (TPSA) is 34.4 Å². The van der Waals surface area contributed by atoms with Crippen LogP contribution in [0.2, 0.25) is 0 Å². The highest BCUT2D eigenvalue weighted by Crippen LogP contribution is 2.20. The summed E-state index contributed by atoms with van der Waals surface area (Å²) in [5, 5.41) is 1.92. The largest absolute Gasteiger partial charge is 0.296 e. The van der Waals surface area contributed by atoms with E-state index in [1.807, 2.05) is 53.2 Å². The van der Waals surface area contributed by atoms with Crippen molar-refractivity contribution in [3.8, 4) is 0 Å². The van der Waals surface area contributed by atoms with Crippen LogP contribution in [0.15, 0.2) is 41.9 Å². The van der Waals surface area contributed by atoms with Gasteiger partial charge in [0.15, 0.2) is 0 Å². The summed E-state index contributed by atoms with van der Waals surface area (Å²) in [6, 6.07) is 9.52. The first-order valence-corrected chi connectivity index (χ1v) is 6.73. The standard InChI is InChI=1S/C14H12N2OS/c1-2-10-13(14(17)11-6-5-9-18-11)16-8-4-3-7-12(16)15-10/h3-9H,2H2,1H3. The molecule has 90 valence electrons. The molecule has 3 rings (SSSR count). The Bertz CT molecular complexity index is 698. The summed E-state index contributed by atoms with van der Waals surface area (Å²) in [5.41, 5.74) is 2.38. The highest BCUT2D eigenvalue weighted by molar-refractivity contribution is 7.12. The number of thiophene rings is 1. The van der Waals surface area contributed by atoms with Gasteiger partial charge in [-0.15, -0.1) is 11.3 Å². The molecule has 0 saturated heterocycles. The van der Waals surface area contributed by atoms with Crippen LogP contribution in [0.3, 0.4) is 0 Å². The highest BCUT2D eigenvalue weighted by atomic mass is 32.1. The normalized spacial score (nSPS) is 10.9. The van der Waals surface area contributed by atoms with E-state index in [9.17, 15) is 4.79 Å². The molecule has 0 saturated carbocycles. The number of carbonyl (C=O) groups is 1. The van der Waals surface area contributed by atoms with E-state index < -0.39 is 0 Å². The van der Waals surface area contributed by atoms with E-state index in [4.69, 9.17) is 0 Å². The Morgan fingerprint density at radius 1 is 1.33 bits per heavy atom. The van der Waals surface area contributed by atoms with Crippen molar-refractivity contribution in [2.24, 2.45) is 0 Å². The zero-order valence-electron chi connectivity index (χ0n) is 9.96. The van der Waals surface area contributed by atoms with Crippen molar-refractivity contribution in [3.05, 3.63) is 58.2 Å². The molecule has 0 aliphatic rings. The molecule has 4 heteroatoms. The van der Waals surface area contributed by atoms with Crippen molar-refractivity contribution in [1.82, 2.24) is 9.38 Å². The minimum absolute atomic E-state index is 0.0561. The number of pyridine rings is 1. The number of ketones is 1. The first-order valence-electron chi connectivity index (χ1n) is 5.85. The fourth-order valence-corrected chi connectivity index (χ4v) is 2.72. The summed E-state index contributed by atoms with van der Waals surface area (Å²) < 4.78 is 1.88. The van der Waals surface area contributed by atoms with Gasteiger partial charge in [-0.25, -0.2) is 4.98 Å². The molecule has 3 nitrogen and oxygen atoms in total. The third-order valence-electron chi connectivity index (χ3n) is 2.90. The van der Waals surface area contributed by atoms with Crippen LogP contribution in [0, 0.1) is 0 Å². The van der Waals surface area contributed by atoms with E-state index in [1.165, 1.54) is 11.3 Å². The van der Waals surface area contributed by atoms with Gasteiger partial charge in [-0.05, 0) is 30.0 Å². The van der Waals surface area contributed by atoms with Crippen LogP contribution in [0.5, 0.6) is 0 Å². The molecule has 0 spiro atoms. The molecule has 3 aromatic rings. The molecule has 0 bridgehead atoms. The predicted molar refractivity (Wildman–Crippen MR) is 72.3 cm³/mol. The van der Waals surface area contributed by atoms with E-state index in [-0.39, 0.29) is 5.78 Å². The molecule has 0 amide bonds. The van der Waals surface area contributed by atoms with Crippen LogP contribution in [0.1, 0.15) is 28.0 Å². The van der Waals surface area contributed by atoms with E-state index >= 15 is 0 Å². The Morgan fingerprint density at radius 2 is 2.22 bits per heavy atom. The second-order valence-corrected chi connectivity index (χ2v) is 4.94. The van der Waals surface area contributed by atoms with Gasteiger partial charge in [-0.2, -0.15) is 0 Å². The van der Waals surface area contributed by atoms with Crippen LogP contribution in [-0.4, -0.2) is 15.2 Å². The first-order chi connectivity index (χ1) is 8.81. The van der Waals surface area contributed by atoms with Crippen LogP contribution in [0.25, 0.3) is 5.65 Å². The molecule has 0 N–H and O–H groups in total. The number of aromatic nitrogens is 2. The molecule has 0 atom stereocenters. The third kappa shape index (κ3) is 1.66. The first kappa shape index (κ1) is 11.2. The van der Waals surface area contributed by atoms with Gasteiger partial charge < -0.3 is 0 Å². The number of fused-ring (bicyclic) bond motifs is 1. The summed E-state index contributed by atoms with van der Waals surface area (Å²) in [6.45, 7) is 2.02. The number of nitrogens with zero attached hydrogens (tertiary/aromatic N) is 2. The minimum atomic E-state index is 0.0561. The molecule has 0 aliphatic carbocycles. The summed E-state index contributed by atoms with van der Waals surface area (Å²) in [6.07, 6.45) is 2.65. The molecular weight excluding hydrogens is 244 g/mol. The van der Waals surface area contributed by atoms with Gasteiger partial charge in [0.1, 0.15) is 11.3 Å². The maximum atomic E-state index is 12.5. The summed E-state index contributed by atoms with van der Waals surface area (Å²) in [7, 11) is 0. The van der Waals surface area contributed by atoms with Gasteiger partial charge in [-0.1, -0.05) is 19.1 Å². The average molecular weight is 256 g/mol. The van der Waals surface area contributed by atoms with Crippen LogP contribution < -0.4 is 0 Å². The van der Waals surface area contributed by atoms with Gasteiger partial charge >= 0.3 is 0 Å². The molecule has 0 fully saturated rings. The smallest absolute Gasteiger partial charge is 0.221 e. The fourth-order valence-electron chi connectivity index (χ4n) is 2.06. The third-order valence-corrected chi connectivity index (χ3v) is 3.77. The lowest BCUT2D eigenvalue weighted by molar-refractivity contribution is 0.103. The van der Waals surface area contributed by atoms with E-state index in [1.54, 1.807) is 0 Å². The SMILES string of the molecule is CCc1nc2ccccn2c1C(=O)c1cccs1. The van der Waals surface area contributed by atoms with E-state index in [0.717, 1.165) is 22.6 Å². The molecule has 0 unspecified atom stereocenters. The van der Waals surface area contributed by atoms with Crippen molar-refractivity contribution in [3.63, 3.8) is 0 Å². The van der Waals surface area contributed by atoms with E-state index in [2.05, 4.69) is 4.98 Å². The van der Waals surface area contributed by atoms with Gasteiger partial charge in [0, 0.05) is 6.20 Å². The van der Waals surface area contributed by atoms with Gasteiger partial charge in [0.2, 0.25) is 5.78 Å². The van der Waals surface area contributed by atoms with Crippen LogP contribution in [-0.2, 0) is 6.42 Å². The zero-order valence-corrected chi connectivity index (χ0v) is 10.8.